The Bertz CT molecular complexity index is 673. The minimum absolute atomic E-state index is 0.0536. The quantitative estimate of drug-likeness (QED) is 0.378. The Balaban J connectivity index is 2.09. The van der Waals surface area contributed by atoms with Gasteiger partial charge in [0.25, 0.3) is 5.69 Å². The first kappa shape index (κ1) is 15.7. The molecule has 1 fully saturated rings. The zero-order valence-corrected chi connectivity index (χ0v) is 13.4. The molecule has 0 amide bonds. The summed E-state index contributed by atoms with van der Waals surface area (Å²) in [4.78, 5) is 10.9. The monoisotopic (exact) mass is 314 g/mol. The van der Waals surface area contributed by atoms with Crippen molar-refractivity contribution in [3.8, 4) is 0 Å². The number of benzene rings is 1. The van der Waals surface area contributed by atoms with Crippen LogP contribution in [0.5, 0.6) is 0 Å². The Hall–Kier alpha value is -2.17. The van der Waals surface area contributed by atoms with Gasteiger partial charge in [-0.1, -0.05) is 30.5 Å². The molecule has 1 saturated carbocycles. The van der Waals surface area contributed by atoms with Crippen molar-refractivity contribution in [2.45, 2.75) is 45.4 Å². The predicted octanol–water partition coefficient (Wildman–Crippen LogP) is 4.72. The van der Waals surface area contributed by atoms with Gasteiger partial charge in [0.1, 0.15) is 0 Å². The first-order chi connectivity index (χ1) is 11.1. The van der Waals surface area contributed by atoms with Gasteiger partial charge in [-0.05, 0) is 49.7 Å². The predicted molar refractivity (Wildman–Crippen MR) is 89.7 cm³/mol. The van der Waals surface area contributed by atoms with Crippen LogP contribution in [0.15, 0.2) is 28.9 Å². The molecule has 0 aliphatic heterocycles. The molecule has 0 aromatic heterocycles. The van der Waals surface area contributed by atoms with Gasteiger partial charge in [-0.2, -0.15) is 0 Å². The van der Waals surface area contributed by atoms with Crippen LogP contribution >= 0.6 is 0 Å². The maximum atomic E-state index is 11.3. The number of rotatable bonds is 4. The molecule has 2 aliphatic rings. The summed E-state index contributed by atoms with van der Waals surface area (Å²) in [7, 11) is 0. The van der Waals surface area contributed by atoms with Crippen LogP contribution in [0.3, 0.4) is 0 Å². The second-order valence-corrected chi connectivity index (χ2v) is 6.59. The molecule has 1 aromatic carbocycles. The highest BCUT2D eigenvalue weighted by Crippen LogP contribution is 2.46. The van der Waals surface area contributed by atoms with Crippen LogP contribution in [0.1, 0.15) is 49.7 Å². The first-order valence-electron chi connectivity index (χ1n) is 8.27. The maximum Gasteiger partial charge on any atom is 0.272 e. The Morgan fingerprint density at radius 3 is 2.70 bits per heavy atom. The number of hydrogen-bond donors (Lipinski definition) is 1. The van der Waals surface area contributed by atoms with E-state index in [4.69, 9.17) is 5.21 Å². The molecular formula is C18H22N2O3. The minimum atomic E-state index is -0.321. The summed E-state index contributed by atoms with van der Waals surface area (Å²) in [5.74, 6) is 0.639. The lowest BCUT2D eigenvalue weighted by Crippen LogP contribution is -2.04. The van der Waals surface area contributed by atoms with Crippen molar-refractivity contribution in [1.29, 1.82) is 0 Å². The third kappa shape index (κ3) is 3.00. The van der Waals surface area contributed by atoms with Crippen molar-refractivity contribution in [3.05, 3.63) is 45.0 Å². The summed E-state index contributed by atoms with van der Waals surface area (Å²) in [5, 5.41) is 23.5. The smallest absolute Gasteiger partial charge is 0.272 e. The second kappa shape index (κ2) is 6.52. The topological polar surface area (TPSA) is 75.7 Å². The number of allylic oxidation sites excluding steroid dienone is 2. The Kier molecular flexibility index (Phi) is 4.46. The summed E-state index contributed by atoms with van der Waals surface area (Å²) in [6.45, 7) is 1.76. The van der Waals surface area contributed by atoms with Gasteiger partial charge in [-0.3, -0.25) is 10.1 Å². The normalized spacial score (nSPS) is 22.4. The van der Waals surface area contributed by atoms with Crippen molar-refractivity contribution >= 4 is 17.5 Å². The van der Waals surface area contributed by atoms with Crippen molar-refractivity contribution in [2.75, 3.05) is 0 Å². The lowest BCUT2D eigenvalue weighted by atomic mass is 9.88. The van der Waals surface area contributed by atoms with E-state index < -0.39 is 0 Å². The minimum Gasteiger partial charge on any atom is -0.411 e. The van der Waals surface area contributed by atoms with Crippen LogP contribution in [0.25, 0.3) is 5.57 Å². The van der Waals surface area contributed by atoms with E-state index in [2.05, 4.69) is 5.16 Å². The maximum absolute atomic E-state index is 11.3. The lowest BCUT2D eigenvalue weighted by molar-refractivity contribution is -0.385. The molecule has 1 aromatic rings. The van der Waals surface area contributed by atoms with Gasteiger partial charge in [0, 0.05) is 17.5 Å². The highest BCUT2D eigenvalue weighted by Gasteiger charge is 2.32. The fraction of sp³-hybridized carbons (Fsp3) is 0.500. The molecule has 2 aliphatic carbocycles. The Morgan fingerprint density at radius 1 is 1.30 bits per heavy atom. The zero-order valence-electron chi connectivity index (χ0n) is 13.4. The Morgan fingerprint density at radius 2 is 2.04 bits per heavy atom. The molecule has 122 valence electrons. The number of aryl methyl sites for hydroxylation is 1. The number of nitrogens with zero attached hydrogens (tertiary/aromatic N) is 2. The van der Waals surface area contributed by atoms with Crippen LogP contribution in [0.4, 0.5) is 5.69 Å². The average molecular weight is 314 g/mol. The van der Waals surface area contributed by atoms with Gasteiger partial charge < -0.3 is 5.21 Å². The largest absolute Gasteiger partial charge is 0.411 e. The second-order valence-electron chi connectivity index (χ2n) is 6.59. The highest BCUT2D eigenvalue weighted by molar-refractivity contribution is 5.87. The van der Waals surface area contributed by atoms with E-state index in [-0.39, 0.29) is 16.5 Å². The van der Waals surface area contributed by atoms with E-state index in [0.717, 1.165) is 24.0 Å². The molecule has 0 spiro atoms. The molecule has 0 bridgehead atoms. The van der Waals surface area contributed by atoms with Crippen molar-refractivity contribution in [1.82, 2.24) is 0 Å². The third-order valence-corrected chi connectivity index (χ3v) is 5.25. The summed E-state index contributed by atoms with van der Waals surface area (Å²) in [5.41, 5.74) is 4.31. The summed E-state index contributed by atoms with van der Waals surface area (Å²) >= 11 is 0. The fourth-order valence-corrected chi connectivity index (χ4v) is 4.13. The number of oxime groups is 1. The zero-order chi connectivity index (χ0) is 16.4. The van der Waals surface area contributed by atoms with Gasteiger partial charge in [0.05, 0.1) is 11.1 Å². The molecule has 1 unspecified atom stereocenters. The van der Waals surface area contributed by atoms with E-state index in [1.165, 1.54) is 31.3 Å². The van der Waals surface area contributed by atoms with Gasteiger partial charge in [-0.15, -0.1) is 5.16 Å². The standard InChI is InChI=1S/C18H22N2O3/c1-12-6-7-14(10-17(12)20(22)23)18-15(11-19-21)8-9-16(18)13-4-2-3-5-13/h6-7,10-11,13,15,21H,2-5,8-9H2,1H3. The highest BCUT2D eigenvalue weighted by atomic mass is 16.6. The summed E-state index contributed by atoms with van der Waals surface area (Å²) < 4.78 is 0. The van der Waals surface area contributed by atoms with Crippen LogP contribution in [0, 0.1) is 28.9 Å². The van der Waals surface area contributed by atoms with Crippen molar-refractivity contribution < 1.29 is 10.1 Å². The molecule has 1 atom stereocenters. The number of nitro benzene ring substituents is 1. The molecule has 5 nitrogen and oxygen atoms in total. The molecule has 3 rings (SSSR count). The SMILES string of the molecule is Cc1ccc(C2=C(C3CCCC3)CCC2C=NO)cc1[N+](=O)[O-]. The molecule has 1 N–H and O–H groups in total. The van der Waals surface area contributed by atoms with Gasteiger partial charge in [-0.25, -0.2) is 0 Å². The Labute approximate surface area is 135 Å². The number of nitro groups is 1. The molecule has 0 heterocycles. The van der Waals surface area contributed by atoms with E-state index in [1.807, 2.05) is 12.1 Å². The van der Waals surface area contributed by atoms with E-state index in [9.17, 15) is 10.1 Å². The van der Waals surface area contributed by atoms with Crippen LogP contribution in [-0.2, 0) is 0 Å². The molecule has 0 radical (unpaired) electrons. The molecule has 5 heteroatoms. The first-order valence-corrected chi connectivity index (χ1v) is 8.27. The molecular weight excluding hydrogens is 292 g/mol. The molecule has 0 saturated heterocycles. The number of hydrogen-bond acceptors (Lipinski definition) is 4. The summed E-state index contributed by atoms with van der Waals surface area (Å²) in [6, 6.07) is 5.47. The molecule has 23 heavy (non-hydrogen) atoms. The van der Waals surface area contributed by atoms with Gasteiger partial charge >= 0.3 is 0 Å². The van der Waals surface area contributed by atoms with E-state index in [0.29, 0.717) is 11.5 Å². The van der Waals surface area contributed by atoms with E-state index >= 15 is 0 Å². The van der Waals surface area contributed by atoms with Crippen LogP contribution < -0.4 is 0 Å². The fourth-order valence-electron chi connectivity index (χ4n) is 4.13. The van der Waals surface area contributed by atoms with E-state index in [1.54, 1.807) is 19.2 Å². The third-order valence-electron chi connectivity index (χ3n) is 5.25. The average Bonchev–Trinajstić information content (AvgIpc) is 3.17. The van der Waals surface area contributed by atoms with Crippen molar-refractivity contribution in [3.63, 3.8) is 0 Å². The van der Waals surface area contributed by atoms with Gasteiger partial charge in [0.2, 0.25) is 0 Å². The van der Waals surface area contributed by atoms with Crippen molar-refractivity contribution in [2.24, 2.45) is 17.0 Å². The van der Waals surface area contributed by atoms with Crippen LogP contribution in [0.2, 0.25) is 0 Å². The summed E-state index contributed by atoms with van der Waals surface area (Å²) in [6.07, 6.45) is 8.42. The lowest BCUT2D eigenvalue weighted by Gasteiger charge is -2.17. The van der Waals surface area contributed by atoms with Crippen LogP contribution in [-0.4, -0.2) is 16.3 Å². The van der Waals surface area contributed by atoms with Gasteiger partial charge in [0.15, 0.2) is 0 Å².